The molecule has 1 aromatic rings. The Morgan fingerprint density at radius 2 is 2.29 bits per heavy atom. The second kappa shape index (κ2) is 7.18. The van der Waals surface area contributed by atoms with Crippen LogP contribution in [0.5, 0.6) is 0 Å². The molecule has 21 heavy (non-hydrogen) atoms. The molecule has 0 saturated carbocycles. The molecular formula is C13H19ClN4O2S. The molecule has 8 heteroatoms. The summed E-state index contributed by atoms with van der Waals surface area (Å²) in [4.78, 5) is 3.79. The maximum absolute atomic E-state index is 12.7. The van der Waals surface area contributed by atoms with Crippen molar-refractivity contribution in [2.24, 2.45) is 11.7 Å². The standard InChI is InChI=1S/C13H18N4O2S.ClH/c1-10-4-6-17(11(7-10)8-14)20(18,19)13-3-2-5-16-12(13)9-15;/h2-3,5,10-11H,4,6-8,14H2,1H3;1H. The van der Waals surface area contributed by atoms with Crippen molar-refractivity contribution in [1.29, 1.82) is 5.26 Å². The highest BCUT2D eigenvalue weighted by atomic mass is 35.5. The van der Waals surface area contributed by atoms with Crippen molar-refractivity contribution in [2.75, 3.05) is 13.1 Å². The molecule has 1 aliphatic rings. The van der Waals surface area contributed by atoms with Gasteiger partial charge in [-0.05, 0) is 30.9 Å². The number of hydrogen-bond acceptors (Lipinski definition) is 5. The topological polar surface area (TPSA) is 100 Å². The fourth-order valence-electron chi connectivity index (χ4n) is 2.57. The molecule has 0 radical (unpaired) electrons. The Morgan fingerprint density at radius 3 is 2.90 bits per heavy atom. The Kier molecular flexibility index (Phi) is 6.10. The van der Waals surface area contributed by atoms with Crippen LogP contribution < -0.4 is 5.73 Å². The quantitative estimate of drug-likeness (QED) is 0.895. The Bertz CT molecular complexity index is 629. The van der Waals surface area contributed by atoms with E-state index in [1.54, 1.807) is 0 Å². The van der Waals surface area contributed by atoms with Gasteiger partial charge < -0.3 is 5.73 Å². The monoisotopic (exact) mass is 330 g/mol. The number of piperidine rings is 1. The summed E-state index contributed by atoms with van der Waals surface area (Å²) in [5.41, 5.74) is 5.65. The van der Waals surface area contributed by atoms with E-state index in [2.05, 4.69) is 11.9 Å². The van der Waals surface area contributed by atoms with Crippen LogP contribution in [0.3, 0.4) is 0 Å². The largest absolute Gasteiger partial charge is 0.329 e. The smallest absolute Gasteiger partial charge is 0.246 e. The van der Waals surface area contributed by atoms with Gasteiger partial charge >= 0.3 is 0 Å². The molecule has 2 heterocycles. The summed E-state index contributed by atoms with van der Waals surface area (Å²) < 4.78 is 26.9. The van der Waals surface area contributed by atoms with Gasteiger partial charge in [-0.1, -0.05) is 6.92 Å². The van der Waals surface area contributed by atoms with E-state index in [-0.39, 0.29) is 35.6 Å². The van der Waals surface area contributed by atoms with Crippen LogP contribution in [-0.2, 0) is 10.0 Å². The van der Waals surface area contributed by atoms with Crippen LogP contribution in [0.25, 0.3) is 0 Å². The van der Waals surface area contributed by atoms with E-state index < -0.39 is 10.0 Å². The number of nitrogens with two attached hydrogens (primary N) is 1. The molecule has 116 valence electrons. The molecule has 1 fully saturated rings. The van der Waals surface area contributed by atoms with Crippen LogP contribution in [0, 0.1) is 17.2 Å². The van der Waals surface area contributed by atoms with Gasteiger partial charge in [-0.25, -0.2) is 13.4 Å². The molecular weight excluding hydrogens is 312 g/mol. The number of nitrogens with zero attached hydrogens (tertiary/aromatic N) is 3. The van der Waals surface area contributed by atoms with Gasteiger partial charge in [-0.2, -0.15) is 9.57 Å². The molecule has 1 aliphatic heterocycles. The van der Waals surface area contributed by atoms with E-state index in [1.165, 1.54) is 22.6 Å². The minimum atomic E-state index is -3.72. The third-order valence-corrected chi connectivity index (χ3v) is 5.64. The Hall–Kier alpha value is -1.20. The third-order valence-electron chi connectivity index (χ3n) is 3.66. The molecule has 0 aliphatic carbocycles. The van der Waals surface area contributed by atoms with E-state index in [0.717, 1.165) is 12.8 Å². The maximum atomic E-state index is 12.7. The Morgan fingerprint density at radius 1 is 1.57 bits per heavy atom. The predicted molar refractivity (Wildman–Crippen MR) is 81.3 cm³/mol. The van der Waals surface area contributed by atoms with E-state index in [0.29, 0.717) is 12.5 Å². The highest BCUT2D eigenvalue weighted by molar-refractivity contribution is 7.89. The van der Waals surface area contributed by atoms with Gasteiger partial charge in [0.1, 0.15) is 11.0 Å². The van der Waals surface area contributed by atoms with Gasteiger partial charge in [0.2, 0.25) is 10.0 Å². The summed E-state index contributed by atoms with van der Waals surface area (Å²) in [6.45, 7) is 2.81. The lowest BCUT2D eigenvalue weighted by Crippen LogP contribution is -2.49. The van der Waals surface area contributed by atoms with Crippen molar-refractivity contribution >= 4 is 22.4 Å². The number of rotatable bonds is 3. The van der Waals surface area contributed by atoms with Crippen LogP contribution >= 0.6 is 12.4 Å². The molecule has 6 nitrogen and oxygen atoms in total. The van der Waals surface area contributed by atoms with Crippen molar-refractivity contribution in [3.05, 3.63) is 24.0 Å². The molecule has 1 aromatic heterocycles. The average molecular weight is 331 g/mol. The minimum absolute atomic E-state index is 0. The van der Waals surface area contributed by atoms with Crippen molar-refractivity contribution < 1.29 is 8.42 Å². The van der Waals surface area contributed by atoms with Gasteiger partial charge in [0.15, 0.2) is 5.69 Å². The van der Waals surface area contributed by atoms with E-state index in [4.69, 9.17) is 11.0 Å². The van der Waals surface area contributed by atoms with Gasteiger partial charge in [-0.15, -0.1) is 12.4 Å². The zero-order valence-electron chi connectivity index (χ0n) is 11.8. The highest BCUT2D eigenvalue weighted by Crippen LogP contribution is 2.28. The van der Waals surface area contributed by atoms with E-state index in [9.17, 15) is 8.42 Å². The SMILES string of the molecule is CC1CCN(S(=O)(=O)c2cccnc2C#N)C(CN)C1.Cl. The molecule has 0 amide bonds. The van der Waals surface area contributed by atoms with Gasteiger partial charge in [0.05, 0.1) is 0 Å². The normalized spacial score (nSPS) is 23.1. The van der Waals surface area contributed by atoms with Gasteiger partial charge in [0.25, 0.3) is 0 Å². The van der Waals surface area contributed by atoms with Crippen molar-refractivity contribution in [3.8, 4) is 6.07 Å². The Labute approximate surface area is 131 Å². The summed E-state index contributed by atoms with van der Waals surface area (Å²) in [5.74, 6) is 0.458. The summed E-state index contributed by atoms with van der Waals surface area (Å²) in [7, 11) is -3.72. The first-order valence-electron chi connectivity index (χ1n) is 6.57. The minimum Gasteiger partial charge on any atom is -0.329 e. The molecule has 2 unspecified atom stereocenters. The lowest BCUT2D eigenvalue weighted by atomic mass is 9.94. The van der Waals surface area contributed by atoms with Crippen molar-refractivity contribution in [2.45, 2.75) is 30.7 Å². The molecule has 0 spiro atoms. The van der Waals surface area contributed by atoms with Crippen molar-refractivity contribution in [1.82, 2.24) is 9.29 Å². The number of pyridine rings is 1. The summed E-state index contributed by atoms with van der Waals surface area (Å²) in [6, 6.07) is 4.57. The first-order valence-corrected chi connectivity index (χ1v) is 8.01. The number of aromatic nitrogens is 1. The van der Waals surface area contributed by atoms with Crippen LogP contribution in [0.1, 0.15) is 25.5 Å². The molecule has 2 rings (SSSR count). The summed E-state index contributed by atoms with van der Waals surface area (Å²) in [6.07, 6.45) is 2.96. The molecule has 0 aromatic carbocycles. The Balaban J connectivity index is 0.00000220. The molecule has 0 bridgehead atoms. The molecule has 2 atom stereocenters. The molecule has 1 saturated heterocycles. The third kappa shape index (κ3) is 3.52. The lowest BCUT2D eigenvalue weighted by Gasteiger charge is -2.36. The average Bonchev–Trinajstić information content (AvgIpc) is 2.46. The zero-order chi connectivity index (χ0) is 14.8. The van der Waals surface area contributed by atoms with Crippen molar-refractivity contribution in [3.63, 3.8) is 0 Å². The summed E-state index contributed by atoms with van der Waals surface area (Å²) in [5, 5.41) is 9.03. The summed E-state index contributed by atoms with van der Waals surface area (Å²) >= 11 is 0. The van der Waals surface area contributed by atoms with Crippen LogP contribution in [-0.4, -0.2) is 36.8 Å². The zero-order valence-corrected chi connectivity index (χ0v) is 13.4. The fourth-order valence-corrected chi connectivity index (χ4v) is 4.33. The van der Waals surface area contributed by atoms with Crippen LogP contribution in [0.4, 0.5) is 0 Å². The van der Waals surface area contributed by atoms with Gasteiger partial charge in [-0.3, -0.25) is 0 Å². The first kappa shape index (κ1) is 17.9. The number of halogens is 1. The number of nitriles is 1. The van der Waals surface area contributed by atoms with Crippen LogP contribution in [0.15, 0.2) is 23.2 Å². The first-order chi connectivity index (χ1) is 9.50. The maximum Gasteiger partial charge on any atom is 0.246 e. The number of hydrogen-bond donors (Lipinski definition) is 1. The van der Waals surface area contributed by atoms with Crippen LogP contribution in [0.2, 0.25) is 0 Å². The number of sulfonamides is 1. The van der Waals surface area contributed by atoms with Gasteiger partial charge in [0, 0.05) is 25.3 Å². The predicted octanol–water partition coefficient (Wildman–Crippen LogP) is 1.12. The second-order valence-electron chi connectivity index (χ2n) is 5.10. The van der Waals surface area contributed by atoms with E-state index in [1.807, 2.05) is 6.07 Å². The fraction of sp³-hybridized carbons (Fsp3) is 0.538. The highest BCUT2D eigenvalue weighted by Gasteiger charge is 2.36. The second-order valence-corrected chi connectivity index (χ2v) is 6.96. The lowest BCUT2D eigenvalue weighted by molar-refractivity contribution is 0.211. The molecule has 2 N–H and O–H groups in total. The van der Waals surface area contributed by atoms with E-state index >= 15 is 0 Å².